The maximum Gasteiger partial charge on any atom is 0.547 e. The van der Waals surface area contributed by atoms with Crippen LogP contribution in [0, 0.1) is 5.41 Å². The normalized spacial score (nSPS) is 16.1. The zero-order chi connectivity index (χ0) is 23.4. The summed E-state index contributed by atoms with van der Waals surface area (Å²) in [4.78, 5) is 35.8. The van der Waals surface area contributed by atoms with Crippen LogP contribution in [0.3, 0.4) is 0 Å². The van der Waals surface area contributed by atoms with Gasteiger partial charge < -0.3 is 24.5 Å². The molecule has 0 aliphatic carbocycles. The van der Waals surface area contributed by atoms with E-state index in [9.17, 15) is 32.6 Å². The molecule has 170 valence electrons. The molecule has 31 heavy (non-hydrogen) atoms. The van der Waals surface area contributed by atoms with Crippen molar-refractivity contribution in [1.29, 1.82) is 0 Å². The van der Waals surface area contributed by atoms with Crippen LogP contribution < -0.4 is 9.97 Å². The molecule has 12 heteroatoms. The van der Waals surface area contributed by atoms with Gasteiger partial charge in [-0.3, -0.25) is 9.59 Å². The van der Waals surface area contributed by atoms with E-state index < -0.39 is 62.1 Å². The van der Waals surface area contributed by atoms with Crippen molar-refractivity contribution < 1.29 is 46.7 Å². The zero-order valence-electron chi connectivity index (χ0n) is 17.2. The average Bonchev–Trinajstić information content (AvgIpc) is 2.65. The van der Waals surface area contributed by atoms with Crippen molar-refractivity contribution in [3.8, 4) is 5.75 Å². The fourth-order valence-corrected chi connectivity index (χ4v) is 2.67. The molecule has 8 nitrogen and oxygen atoms in total. The molecule has 0 fully saturated rings. The Bertz CT molecular complexity index is 839. The average molecular weight is 445 g/mol. The number of esters is 2. The topological polar surface area (TPSA) is 111 Å². The van der Waals surface area contributed by atoms with Gasteiger partial charge in [0.25, 0.3) is 0 Å². The van der Waals surface area contributed by atoms with Gasteiger partial charge in [-0.2, -0.15) is 13.2 Å². The highest BCUT2D eigenvalue weighted by Crippen LogP contribution is 2.31. The van der Waals surface area contributed by atoms with Crippen LogP contribution in [-0.4, -0.2) is 48.9 Å². The number of carbonyl (C=O) groups is 3. The maximum absolute atomic E-state index is 12.3. The second-order valence-corrected chi connectivity index (χ2v) is 8.03. The molecule has 2 N–H and O–H groups in total. The van der Waals surface area contributed by atoms with E-state index in [0.717, 1.165) is 0 Å². The molecule has 1 aromatic rings. The number of nitrogens with one attached hydrogen (secondary N) is 1. The molecule has 0 saturated carbocycles. The molecule has 0 radical (unpaired) electrons. The molecule has 2 rings (SSSR count). The lowest BCUT2D eigenvalue weighted by atomic mass is 9.72. The number of ether oxygens (including phenoxy) is 2. The van der Waals surface area contributed by atoms with Gasteiger partial charge in [-0.25, -0.2) is 4.79 Å². The largest absolute Gasteiger partial charge is 0.547 e. The molecule has 1 aromatic carbocycles. The third-order valence-corrected chi connectivity index (χ3v) is 4.31. The minimum absolute atomic E-state index is 0.0166. The van der Waals surface area contributed by atoms with Crippen molar-refractivity contribution >= 4 is 25.0 Å². The van der Waals surface area contributed by atoms with Crippen LogP contribution in [0.5, 0.6) is 5.75 Å². The number of fused-ring (bicyclic) bond motifs is 1. The lowest BCUT2D eigenvalue weighted by molar-refractivity contribution is -0.161. The summed E-state index contributed by atoms with van der Waals surface area (Å²) in [7, 11) is -1.59. The number of benzene rings is 1. The Hall–Kier alpha value is -2.76. The van der Waals surface area contributed by atoms with Crippen LogP contribution >= 0.6 is 0 Å². The van der Waals surface area contributed by atoms with Crippen LogP contribution in [0.4, 0.5) is 13.2 Å². The number of carbonyl (C=O) groups excluding carboxylic acids is 3. The summed E-state index contributed by atoms with van der Waals surface area (Å²) in [5, 5.41) is 12.5. The molecular formula is C19H23BF3NO7. The molecule has 1 unspecified atom stereocenters. The number of hydrogen-bond donors (Lipinski definition) is 2. The van der Waals surface area contributed by atoms with Crippen LogP contribution in [0.25, 0.3) is 0 Å². The van der Waals surface area contributed by atoms with E-state index in [1.807, 2.05) is 0 Å². The van der Waals surface area contributed by atoms with Gasteiger partial charge in [0, 0.05) is 6.42 Å². The number of rotatable bonds is 6. The van der Waals surface area contributed by atoms with Gasteiger partial charge in [-0.05, 0) is 38.8 Å². The molecule has 1 aliphatic heterocycles. The Morgan fingerprint density at radius 3 is 2.52 bits per heavy atom. The van der Waals surface area contributed by atoms with Crippen LogP contribution in [-0.2, 0) is 25.5 Å². The van der Waals surface area contributed by atoms with Crippen LogP contribution in [0.15, 0.2) is 18.2 Å². The van der Waals surface area contributed by atoms with Gasteiger partial charge in [0.1, 0.15) is 11.3 Å². The first-order valence-electron chi connectivity index (χ1n) is 9.45. The Morgan fingerprint density at radius 2 is 1.90 bits per heavy atom. The van der Waals surface area contributed by atoms with Gasteiger partial charge in [0.15, 0.2) is 0 Å². The summed E-state index contributed by atoms with van der Waals surface area (Å²) in [6, 6.07) is 4.47. The summed E-state index contributed by atoms with van der Waals surface area (Å²) in [5.41, 5.74) is -0.372. The smallest absolute Gasteiger partial charge is 0.534 e. The van der Waals surface area contributed by atoms with E-state index >= 15 is 0 Å². The van der Waals surface area contributed by atoms with E-state index in [-0.39, 0.29) is 17.7 Å². The highest BCUT2D eigenvalue weighted by atomic mass is 19.4. The molecule has 0 bridgehead atoms. The van der Waals surface area contributed by atoms with E-state index in [1.54, 1.807) is 26.8 Å². The number of amides is 1. The first-order valence-corrected chi connectivity index (χ1v) is 9.45. The quantitative estimate of drug-likeness (QED) is 0.392. The molecule has 0 aromatic heterocycles. The number of hydrogen-bond acceptors (Lipinski definition) is 7. The number of para-hydroxylation sites is 1. The van der Waals surface area contributed by atoms with E-state index in [4.69, 9.17) is 14.1 Å². The summed E-state index contributed by atoms with van der Waals surface area (Å²) in [5.74, 6) is -3.29. The summed E-state index contributed by atoms with van der Waals surface area (Å²) >= 11 is 0. The van der Waals surface area contributed by atoms with Crippen molar-refractivity contribution in [3.63, 3.8) is 0 Å². The van der Waals surface area contributed by atoms with Gasteiger partial charge in [-0.1, -0.05) is 12.1 Å². The molecule has 1 aliphatic rings. The van der Waals surface area contributed by atoms with Crippen molar-refractivity contribution in [1.82, 2.24) is 5.32 Å². The standard InChI is InChI=1S/C19H23BF3NO7/c1-18(2,3)17(27)30-10-29-16(26)12-6-4-5-11-9-13(20(28)31-15(11)12)24-14(25)7-8-19(21,22)23/h4-6,13,28H,7-10H2,1-3H3,(H,24,25). The van der Waals surface area contributed by atoms with E-state index in [0.29, 0.717) is 5.56 Å². The Balaban J connectivity index is 2.00. The predicted molar refractivity (Wildman–Crippen MR) is 102 cm³/mol. The minimum atomic E-state index is -4.47. The second-order valence-electron chi connectivity index (χ2n) is 8.03. The van der Waals surface area contributed by atoms with Crippen molar-refractivity contribution in [2.24, 2.45) is 5.41 Å². The first kappa shape index (κ1) is 24.5. The molecular weight excluding hydrogens is 422 g/mol. The number of halogens is 3. The third-order valence-electron chi connectivity index (χ3n) is 4.31. The summed E-state index contributed by atoms with van der Waals surface area (Å²) in [6.45, 7) is 4.30. The van der Waals surface area contributed by atoms with Gasteiger partial charge in [0.2, 0.25) is 12.7 Å². The first-order chi connectivity index (χ1) is 14.3. The Morgan fingerprint density at radius 1 is 1.23 bits per heavy atom. The Kier molecular flexibility index (Phi) is 7.58. The van der Waals surface area contributed by atoms with Gasteiger partial charge in [-0.15, -0.1) is 0 Å². The van der Waals surface area contributed by atoms with E-state index in [2.05, 4.69) is 5.32 Å². The monoisotopic (exact) mass is 445 g/mol. The second kappa shape index (κ2) is 9.59. The Labute approximate surface area is 177 Å². The van der Waals surface area contributed by atoms with Gasteiger partial charge in [0.05, 0.1) is 17.8 Å². The summed E-state index contributed by atoms with van der Waals surface area (Å²) < 4.78 is 51.9. The van der Waals surface area contributed by atoms with Crippen LogP contribution in [0.2, 0.25) is 0 Å². The molecule has 1 atom stereocenters. The van der Waals surface area contributed by atoms with Crippen molar-refractivity contribution in [2.45, 2.75) is 52.2 Å². The molecule has 1 amide bonds. The minimum Gasteiger partial charge on any atom is -0.534 e. The predicted octanol–water partition coefficient (Wildman–Crippen LogP) is 2.17. The maximum atomic E-state index is 12.3. The highest BCUT2D eigenvalue weighted by molar-refractivity contribution is 6.47. The lowest BCUT2D eigenvalue weighted by Gasteiger charge is -2.29. The molecule has 1 heterocycles. The SMILES string of the molecule is CC(C)(C)C(=O)OCOC(=O)c1cccc2c1OB(O)C(NC(=O)CCC(F)(F)F)C2. The highest BCUT2D eigenvalue weighted by Gasteiger charge is 2.38. The zero-order valence-corrected chi connectivity index (χ0v) is 17.2. The summed E-state index contributed by atoms with van der Waals surface area (Å²) in [6.07, 6.45) is -6.51. The third kappa shape index (κ3) is 7.16. The van der Waals surface area contributed by atoms with Crippen LogP contribution in [0.1, 0.15) is 49.5 Å². The lowest BCUT2D eigenvalue weighted by Crippen LogP contribution is -2.53. The number of alkyl halides is 3. The fourth-order valence-electron chi connectivity index (χ4n) is 2.67. The van der Waals surface area contributed by atoms with Gasteiger partial charge >= 0.3 is 25.2 Å². The van der Waals surface area contributed by atoms with E-state index in [1.165, 1.54) is 12.1 Å². The molecule has 0 saturated heterocycles. The van der Waals surface area contributed by atoms with Crippen molar-refractivity contribution in [3.05, 3.63) is 29.3 Å². The van der Waals surface area contributed by atoms with Crippen molar-refractivity contribution in [2.75, 3.05) is 6.79 Å². The molecule has 0 spiro atoms. The fraction of sp³-hybridized carbons (Fsp3) is 0.526.